The Bertz CT molecular complexity index is 373. The van der Waals surface area contributed by atoms with Gasteiger partial charge in [-0.25, -0.2) is 4.98 Å². The second-order valence-corrected chi connectivity index (χ2v) is 4.89. The molecule has 0 saturated heterocycles. The molecule has 1 aliphatic carbocycles. The lowest BCUT2D eigenvalue weighted by Gasteiger charge is -2.26. The van der Waals surface area contributed by atoms with Crippen LogP contribution in [-0.2, 0) is 0 Å². The van der Waals surface area contributed by atoms with Crippen LogP contribution in [0.2, 0.25) is 0 Å². The van der Waals surface area contributed by atoms with Crippen molar-refractivity contribution in [3.05, 3.63) is 11.9 Å². The molecule has 17 heavy (non-hydrogen) atoms. The SMILES string of the molecule is CNc1cc(OC2CCC(C)CC2)nc(C)n1. The second kappa shape index (κ2) is 5.34. The molecule has 1 aromatic heterocycles. The summed E-state index contributed by atoms with van der Waals surface area (Å²) in [7, 11) is 1.86. The van der Waals surface area contributed by atoms with Gasteiger partial charge in [0.05, 0.1) is 0 Å². The summed E-state index contributed by atoms with van der Waals surface area (Å²) in [5.74, 6) is 3.10. The van der Waals surface area contributed by atoms with Crippen LogP contribution in [0.5, 0.6) is 5.88 Å². The number of hydrogen-bond acceptors (Lipinski definition) is 4. The lowest BCUT2D eigenvalue weighted by Crippen LogP contribution is -2.23. The quantitative estimate of drug-likeness (QED) is 0.875. The standard InChI is InChI=1S/C13H21N3O/c1-9-4-6-11(7-5-9)17-13-8-12(14-3)15-10(2)16-13/h8-9,11H,4-7H2,1-3H3,(H,14,15,16). The molecule has 0 aromatic carbocycles. The average molecular weight is 235 g/mol. The van der Waals surface area contributed by atoms with Crippen LogP contribution in [0.4, 0.5) is 5.82 Å². The second-order valence-electron chi connectivity index (χ2n) is 4.89. The van der Waals surface area contributed by atoms with Crippen LogP contribution in [0.25, 0.3) is 0 Å². The number of ether oxygens (including phenoxy) is 1. The first-order chi connectivity index (χ1) is 8.17. The summed E-state index contributed by atoms with van der Waals surface area (Å²) in [6.07, 6.45) is 5.12. The molecule has 0 radical (unpaired) electrons. The molecular formula is C13H21N3O. The molecule has 1 heterocycles. The summed E-state index contributed by atoms with van der Waals surface area (Å²) in [5, 5.41) is 3.02. The maximum atomic E-state index is 5.94. The van der Waals surface area contributed by atoms with Crippen LogP contribution in [0.1, 0.15) is 38.4 Å². The molecule has 4 nitrogen and oxygen atoms in total. The van der Waals surface area contributed by atoms with Crippen molar-refractivity contribution in [2.75, 3.05) is 12.4 Å². The number of nitrogens with zero attached hydrogens (tertiary/aromatic N) is 2. The predicted molar refractivity (Wildman–Crippen MR) is 68.4 cm³/mol. The van der Waals surface area contributed by atoms with Crippen molar-refractivity contribution in [3.63, 3.8) is 0 Å². The molecule has 1 saturated carbocycles. The molecule has 1 aromatic rings. The largest absolute Gasteiger partial charge is 0.474 e. The van der Waals surface area contributed by atoms with Gasteiger partial charge in [0.1, 0.15) is 17.7 Å². The van der Waals surface area contributed by atoms with E-state index in [2.05, 4.69) is 22.2 Å². The first-order valence-electron chi connectivity index (χ1n) is 6.37. The van der Waals surface area contributed by atoms with Gasteiger partial charge in [-0.05, 0) is 38.5 Å². The Balaban J connectivity index is 2.00. The number of nitrogens with one attached hydrogen (secondary N) is 1. The molecule has 0 aliphatic heterocycles. The molecule has 1 N–H and O–H groups in total. The van der Waals surface area contributed by atoms with E-state index in [-0.39, 0.29) is 0 Å². The normalized spacial score (nSPS) is 24.4. The number of aromatic nitrogens is 2. The number of anilines is 1. The van der Waals surface area contributed by atoms with E-state index >= 15 is 0 Å². The van der Waals surface area contributed by atoms with Crippen molar-refractivity contribution in [3.8, 4) is 5.88 Å². The van der Waals surface area contributed by atoms with Crippen molar-refractivity contribution in [2.45, 2.75) is 45.6 Å². The Labute approximate surface area is 103 Å². The lowest BCUT2D eigenvalue weighted by atomic mass is 9.89. The van der Waals surface area contributed by atoms with E-state index in [0.717, 1.165) is 30.4 Å². The van der Waals surface area contributed by atoms with Gasteiger partial charge in [0.25, 0.3) is 0 Å². The fourth-order valence-corrected chi connectivity index (χ4v) is 2.25. The molecule has 0 amide bonds. The van der Waals surface area contributed by atoms with Crippen LogP contribution < -0.4 is 10.1 Å². The topological polar surface area (TPSA) is 47.0 Å². The van der Waals surface area contributed by atoms with Crippen molar-refractivity contribution >= 4 is 5.82 Å². The van der Waals surface area contributed by atoms with E-state index in [1.807, 2.05) is 20.0 Å². The minimum atomic E-state index is 0.324. The summed E-state index contributed by atoms with van der Waals surface area (Å²) in [5.41, 5.74) is 0. The van der Waals surface area contributed by atoms with Crippen LogP contribution in [0.3, 0.4) is 0 Å². The predicted octanol–water partition coefficient (Wildman–Crippen LogP) is 2.78. The summed E-state index contributed by atoms with van der Waals surface area (Å²) in [6.45, 7) is 4.20. The zero-order valence-corrected chi connectivity index (χ0v) is 10.9. The van der Waals surface area contributed by atoms with Gasteiger partial charge in [0, 0.05) is 13.1 Å². The van der Waals surface area contributed by atoms with Gasteiger partial charge in [0.2, 0.25) is 5.88 Å². The smallest absolute Gasteiger partial charge is 0.218 e. The molecular weight excluding hydrogens is 214 g/mol. The van der Waals surface area contributed by atoms with E-state index in [0.29, 0.717) is 12.0 Å². The maximum Gasteiger partial charge on any atom is 0.218 e. The van der Waals surface area contributed by atoms with Gasteiger partial charge in [0.15, 0.2) is 0 Å². The van der Waals surface area contributed by atoms with Gasteiger partial charge >= 0.3 is 0 Å². The Morgan fingerprint density at radius 1 is 1.24 bits per heavy atom. The molecule has 0 atom stereocenters. The summed E-state index contributed by atoms with van der Waals surface area (Å²) < 4.78 is 5.94. The van der Waals surface area contributed by atoms with Gasteiger partial charge in [-0.2, -0.15) is 4.98 Å². The highest BCUT2D eigenvalue weighted by molar-refractivity contribution is 5.37. The Morgan fingerprint density at radius 3 is 2.59 bits per heavy atom. The van der Waals surface area contributed by atoms with Crippen molar-refractivity contribution < 1.29 is 4.74 Å². The molecule has 94 valence electrons. The number of rotatable bonds is 3. The summed E-state index contributed by atoms with van der Waals surface area (Å²) >= 11 is 0. The molecule has 1 aliphatic rings. The summed E-state index contributed by atoms with van der Waals surface area (Å²) in [6, 6.07) is 1.87. The molecule has 0 spiro atoms. The third-order valence-corrected chi connectivity index (χ3v) is 3.32. The van der Waals surface area contributed by atoms with Crippen LogP contribution in [-0.4, -0.2) is 23.1 Å². The van der Waals surface area contributed by atoms with Crippen molar-refractivity contribution in [1.82, 2.24) is 9.97 Å². The maximum absolute atomic E-state index is 5.94. The Morgan fingerprint density at radius 2 is 1.94 bits per heavy atom. The first kappa shape index (κ1) is 12.1. The monoisotopic (exact) mass is 235 g/mol. The lowest BCUT2D eigenvalue weighted by molar-refractivity contribution is 0.130. The fourth-order valence-electron chi connectivity index (χ4n) is 2.25. The van der Waals surface area contributed by atoms with Crippen molar-refractivity contribution in [2.24, 2.45) is 5.92 Å². The number of hydrogen-bond donors (Lipinski definition) is 1. The highest BCUT2D eigenvalue weighted by Crippen LogP contribution is 2.27. The van der Waals surface area contributed by atoms with Crippen LogP contribution in [0, 0.1) is 12.8 Å². The van der Waals surface area contributed by atoms with E-state index in [1.165, 1.54) is 12.8 Å². The Kier molecular flexibility index (Phi) is 3.82. The van der Waals surface area contributed by atoms with Crippen LogP contribution in [0.15, 0.2) is 6.07 Å². The van der Waals surface area contributed by atoms with E-state index in [1.54, 1.807) is 0 Å². The van der Waals surface area contributed by atoms with E-state index < -0.39 is 0 Å². The molecule has 0 bridgehead atoms. The van der Waals surface area contributed by atoms with Gasteiger partial charge in [-0.1, -0.05) is 6.92 Å². The highest BCUT2D eigenvalue weighted by atomic mass is 16.5. The Hall–Kier alpha value is -1.32. The third-order valence-electron chi connectivity index (χ3n) is 3.32. The highest BCUT2D eigenvalue weighted by Gasteiger charge is 2.20. The molecule has 0 unspecified atom stereocenters. The zero-order chi connectivity index (χ0) is 12.3. The molecule has 1 fully saturated rings. The van der Waals surface area contributed by atoms with Crippen LogP contribution >= 0.6 is 0 Å². The average Bonchev–Trinajstić information content (AvgIpc) is 2.31. The minimum absolute atomic E-state index is 0.324. The van der Waals surface area contributed by atoms with E-state index in [4.69, 9.17) is 4.74 Å². The molecule has 4 heteroatoms. The van der Waals surface area contributed by atoms with E-state index in [9.17, 15) is 0 Å². The number of aryl methyl sites for hydroxylation is 1. The molecule has 2 rings (SSSR count). The zero-order valence-electron chi connectivity index (χ0n) is 10.9. The van der Waals surface area contributed by atoms with Gasteiger partial charge < -0.3 is 10.1 Å². The minimum Gasteiger partial charge on any atom is -0.474 e. The summed E-state index contributed by atoms with van der Waals surface area (Å²) in [4.78, 5) is 8.58. The fraction of sp³-hybridized carbons (Fsp3) is 0.692. The van der Waals surface area contributed by atoms with Gasteiger partial charge in [-0.15, -0.1) is 0 Å². The first-order valence-corrected chi connectivity index (χ1v) is 6.37. The van der Waals surface area contributed by atoms with Gasteiger partial charge in [-0.3, -0.25) is 0 Å². The third kappa shape index (κ3) is 3.32. The van der Waals surface area contributed by atoms with Crippen molar-refractivity contribution in [1.29, 1.82) is 0 Å².